The highest BCUT2D eigenvalue weighted by molar-refractivity contribution is 14.0. The fourth-order valence-corrected chi connectivity index (χ4v) is 2.31. The van der Waals surface area contributed by atoms with Gasteiger partial charge in [0.25, 0.3) is 0 Å². The minimum atomic E-state index is -0.268. The second-order valence-electron chi connectivity index (χ2n) is 4.81. The number of hydrogen-bond donors (Lipinski definition) is 1. The molecule has 7 nitrogen and oxygen atoms in total. The molecule has 21 heavy (non-hydrogen) atoms. The molecule has 1 aliphatic rings. The van der Waals surface area contributed by atoms with Crippen molar-refractivity contribution < 1.29 is 19.1 Å². The third-order valence-electron chi connectivity index (χ3n) is 3.47. The highest BCUT2D eigenvalue weighted by Gasteiger charge is 2.36. The first-order chi connectivity index (χ1) is 9.53. The molecule has 2 atom stereocenters. The van der Waals surface area contributed by atoms with E-state index in [1.165, 1.54) is 14.2 Å². The van der Waals surface area contributed by atoms with Gasteiger partial charge in [-0.2, -0.15) is 0 Å². The van der Waals surface area contributed by atoms with Gasteiger partial charge in [0.1, 0.15) is 0 Å². The van der Waals surface area contributed by atoms with E-state index in [0.29, 0.717) is 19.0 Å². The zero-order valence-corrected chi connectivity index (χ0v) is 15.2. The maximum absolute atomic E-state index is 11.7. The van der Waals surface area contributed by atoms with Crippen LogP contribution in [-0.2, 0) is 19.1 Å². The number of aliphatic imine (C=N–C) groups is 1. The van der Waals surface area contributed by atoms with Gasteiger partial charge in [0.2, 0.25) is 0 Å². The molecule has 1 heterocycles. The van der Waals surface area contributed by atoms with Crippen LogP contribution in [0.2, 0.25) is 0 Å². The van der Waals surface area contributed by atoms with Gasteiger partial charge in [-0.1, -0.05) is 6.92 Å². The molecular weight excluding hydrogens is 389 g/mol. The molecule has 0 bridgehead atoms. The summed E-state index contributed by atoms with van der Waals surface area (Å²) in [5.74, 6) is 0.299. The molecule has 0 saturated carbocycles. The first kappa shape index (κ1) is 19.9. The normalized spacial score (nSPS) is 21.5. The van der Waals surface area contributed by atoms with Crippen LogP contribution in [0.25, 0.3) is 0 Å². The van der Waals surface area contributed by atoms with Crippen LogP contribution in [0.5, 0.6) is 0 Å². The van der Waals surface area contributed by atoms with Crippen LogP contribution in [0.15, 0.2) is 4.99 Å². The van der Waals surface area contributed by atoms with E-state index in [4.69, 9.17) is 4.74 Å². The number of carbonyl (C=O) groups excluding carboxylic acids is 2. The summed E-state index contributed by atoms with van der Waals surface area (Å²) < 4.78 is 9.38. The Labute approximate surface area is 142 Å². The van der Waals surface area contributed by atoms with Crippen LogP contribution in [0.3, 0.4) is 0 Å². The maximum Gasteiger partial charge on any atom is 0.310 e. The Balaban J connectivity index is 0.00000400. The number of methoxy groups -OCH3 is 2. The Morgan fingerprint density at radius 2 is 1.95 bits per heavy atom. The zero-order chi connectivity index (χ0) is 15.1. The van der Waals surface area contributed by atoms with Gasteiger partial charge in [-0.25, -0.2) is 0 Å². The number of esters is 2. The number of nitrogens with zero attached hydrogens (tertiary/aromatic N) is 2. The van der Waals surface area contributed by atoms with E-state index in [1.54, 1.807) is 7.05 Å². The number of hydrogen-bond acceptors (Lipinski definition) is 5. The number of carbonyl (C=O) groups is 2. The monoisotopic (exact) mass is 413 g/mol. The van der Waals surface area contributed by atoms with Crippen molar-refractivity contribution in [3.63, 3.8) is 0 Å². The van der Waals surface area contributed by atoms with Crippen molar-refractivity contribution in [3.05, 3.63) is 0 Å². The van der Waals surface area contributed by atoms with Crippen molar-refractivity contribution in [2.45, 2.75) is 13.3 Å². The highest BCUT2D eigenvalue weighted by Crippen LogP contribution is 2.23. The first-order valence-electron chi connectivity index (χ1n) is 6.63. The Morgan fingerprint density at radius 3 is 2.48 bits per heavy atom. The summed E-state index contributed by atoms with van der Waals surface area (Å²) in [5.41, 5.74) is 0. The summed E-state index contributed by atoms with van der Waals surface area (Å²) >= 11 is 0. The first-order valence-corrected chi connectivity index (χ1v) is 6.63. The second-order valence-corrected chi connectivity index (χ2v) is 4.81. The van der Waals surface area contributed by atoms with Crippen molar-refractivity contribution in [2.24, 2.45) is 16.8 Å². The second kappa shape index (κ2) is 9.80. The average molecular weight is 413 g/mol. The molecule has 0 aromatic heterocycles. The van der Waals surface area contributed by atoms with Crippen molar-refractivity contribution in [1.29, 1.82) is 0 Å². The largest absolute Gasteiger partial charge is 0.469 e. The fraction of sp³-hybridized carbons (Fsp3) is 0.769. The third kappa shape index (κ3) is 5.68. The molecule has 8 heteroatoms. The van der Waals surface area contributed by atoms with Crippen molar-refractivity contribution in [2.75, 3.05) is 40.9 Å². The number of halogens is 1. The van der Waals surface area contributed by atoms with Gasteiger partial charge in [-0.05, 0) is 5.92 Å². The number of guanidine groups is 1. The smallest absolute Gasteiger partial charge is 0.310 e. The quantitative estimate of drug-likeness (QED) is 0.313. The van der Waals surface area contributed by atoms with Crippen molar-refractivity contribution in [3.8, 4) is 0 Å². The minimum Gasteiger partial charge on any atom is -0.469 e. The third-order valence-corrected chi connectivity index (χ3v) is 3.47. The summed E-state index contributed by atoms with van der Waals surface area (Å²) in [7, 11) is 4.44. The standard InChI is InChI=1S/C13H23N3O4.HI/c1-9-7-16(8-10(9)12(18)20-4)13(14-2)15-6-5-11(17)19-3;/h9-10H,5-8H2,1-4H3,(H,14,15);1H. The molecule has 1 N–H and O–H groups in total. The molecule has 1 saturated heterocycles. The van der Waals surface area contributed by atoms with Gasteiger partial charge < -0.3 is 19.7 Å². The van der Waals surface area contributed by atoms with Crippen LogP contribution in [-0.4, -0.2) is 63.7 Å². The Morgan fingerprint density at radius 1 is 1.29 bits per heavy atom. The van der Waals surface area contributed by atoms with Gasteiger partial charge in [-0.3, -0.25) is 14.6 Å². The van der Waals surface area contributed by atoms with Crippen LogP contribution in [0, 0.1) is 11.8 Å². The molecule has 0 aromatic carbocycles. The van der Waals surface area contributed by atoms with Gasteiger partial charge in [-0.15, -0.1) is 24.0 Å². The summed E-state index contributed by atoms with van der Waals surface area (Å²) in [4.78, 5) is 28.9. The molecular formula is C13H24IN3O4. The molecule has 1 fully saturated rings. The molecule has 0 spiro atoms. The lowest BCUT2D eigenvalue weighted by Gasteiger charge is -2.21. The molecule has 1 aliphatic heterocycles. The Bertz CT molecular complexity index is 390. The molecule has 122 valence electrons. The molecule has 0 radical (unpaired) electrons. The van der Waals surface area contributed by atoms with Crippen LogP contribution in [0.4, 0.5) is 0 Å². The SMILES string of the molecule is CN=C(NCCC(=O)OC)N1CC(C)C(C(=O)OC)C1.I. The molecule has 0 amide bonds. The molecule has 0 aromatic rings. The number of ether oxygens (including phenoxy) is 2. The van der Waals surface area contributed by atoms with Crippen LogP contribution >= 0.6 is 24.0 Å². The van der Waals surface area contributed by atoms with E-state index in [9.17, 15) is 9.59 Å². The predicted octanol–water partition coefficient (Wildman–Crippen LogP) is 0.484. The molecule has 2 unspecified atom stereocenters. The van der Waals surface area contributed by atoms with Gasteiger partial charge in [0.05, 0.1) is 26.6 Å². The highest BCUT2D eigenvalue weighted by atomic mass is 127. The topological polar surface area (TPSA) is 80.2 Å². The Hall–Kier alpha value is -1.06. The Kier molecular flexibility index (Phi) is 9.31. The summed E-state index contributed by atoms with van der Waals surface area (Å²) in [6, 6.07) is 0. The van der Waals surface area contributed by atoms with Crippen molar-refractivity contribution in [1.82, 2.24) is 10.2 Å². The summed E-state index contributed by atoms with van der Waals surface area (Å²) in [6.45, 7) is 3.78. The van der Waals surface area contributed by atoms with Crippen LogP contribution in [0.1, 0.15) is 13.3 Å². The van der Waals surface area contributed by atoms with E-state index in [1.807, 2.05) is 11.8 Å². The average Bonchev–Trinajstić information content (AvgIpc) is 2.84. The van der Waals surface area contributed by atoms with Gasteiger partial charge >= 0.3 is 11.9 Å². The van der Waals surface area contributed by atoms with Gasteiger partial charge in [0, 0.05) is 26.7 Å². The summed E-state index contributed by atoms with van der Waals surface area (Å²) in [6.07, 6.45) is 0.277. The van der Waals surface area contributed by atoms with Gasteiger partial charge in [0.15, 0.2) is 5.96 Å². The number of nitrogens with one attached hydrogen (secondary N) is 1. The lowest BCUT2D eigenvalue weighted by atomic mass is 9.99. The number of rotatable bonds is 4. The maximum atomic E-state index is 11.7. The van der Waals surface area contributed by atoms with E-state index in [2.05, 4.69) is 15.0 Å². The minimum absolute atomic E-state index is 0. The van der Waals surface area contributed by atoms with E-state index in [-0.39, 0.29) is 54.2 Å². The molecule has 0 aliphatic carbocycles. The molecule has 1 rings (SSSR count). The predicted molar refractivity (Wildman–Crippen MR) is 89.7 cm³/mol. The van der Waals surface area contributed by atoms with E-state index >= 15 is 0 Å². The zero-order valence-electron chi connectivity index (χ0n) is 12.9. The van der Waals surface area contributed by atoms with Crippen molar-refractivity contribution >= 4 is 41.9 Å². The van der Waals surface area contributed by atoms with E-state index in [0.717, 1.165) is 6.54 Å². The lowest BCUT2D eigenvalue weighted by Crippen LogP contribution is -2.41. The van der Waals surface area contributed by atoms with E-state index < -0.39 is 0 Å². The fourth-order valence-electron chi connectivity index (χ4n) is 2.31. The summed E-state index contributed by atoms with van der Waals surface area (Å²) in [5, 5.41) is 3.10. The lowest BCUT2D eigenvalue weighted by molar-refractivity contribution is -0.146. The van der Waals surface area contributed by atoms with Crippen LogP contribution < -0.4 is 5.32 Å². The number of likely N-dealkylation sites (tertiary alicyclic amines) is 1.